The van der Waals surface area contributed by atoms with E-state index in [0.717, 1.165) is 17.4 Å². The minimum Gasteiger partial charge on any atom is -0.388 e. The molecule has 128 valence electrons. The van der Waals surface area contributed by atoms with E-state index in [1.54, 1.807) is 5.57 Å². The highest BCUT2D eigenvalue weighted by Gasteiger charge is 2.48. The molecule has 3 aliphatic carbocycles. The normalized spacial score (nSPS) is 42.9. The molecule has 3 rings (SSSR count). The molecule has 0 radical (unpaired) electrons. The lowest BCUT2D eigenvalue weighted by Crippen LogP contribution is -2.33. The van der Waals surface area contributed by atoms with E-state index in [1.165, 1.54) is 38.5 Å². The van der Waals surface area contributed by atoms with E-state index in [-0.39, 0.29) is 0 Å². The fourth-order valence-corrected chi connectivity index (χ4v) is 5.44. The molecule has 0 aromatic carbocycles. The maximum absolute atomic E-state index is 9.99. The molecule has 3 aliphatic rings. The Balaban J connectivity index is 1.77. The lowest BCUT2D eigenvalue weighted by Gasteiger charge is -2.42. The predicted molar refractivity (Wildman–Crippen MR) is 95.0 cm³/mol. The topological polar surface area (TPSA) is 40.5 Å². The van der Waals surface area contributed by atoms with Gasteiger partial charge in [-0.25, -0.2) is 0 Å². The van der Waals surface area contributed by atoms with Crippen molar-refractivity contribution in [1.29, 1.82) is 0 Å². The van der Waals surface area contributed by atoms with Crippen molar-refractivity contribution < 1.29 is 10.2 Å². The zero-order valence-corrected chi connectivity index (χ0v) is 14.7. The summed E-state index contributed by atoms with van der Waals surface area (Å²) in [5, 5.41) is 20.0. The summed E-state index contributed by atoms with van der Waals surface area (Å²) in [4.78, 5) is 0. The average Bonchev–Trinajstić information content (AvgIpc) is 2.87. The van der Waals surface area contributed by atoms with E-state index in [9.17, 15) is 10.2 Å². The Kier molecular flexibility index (Phi) is 4.85. The molecule has 0 bridgehead atoms. The monoisotopic (exact) mass is 316 g/mol. The van der Waals surface area contributed by atoms with E-state index >= 15 is 0 Å². The molecule has 0 spiro atoms. The van der Waals surface area contributed by atoms with Crippen LogP contribution in [0.4, 0.5) is 0 Å². The lowest BCUT2D eigenvalue weighted by molar-refractivity contribution is 0.123. The maximum atomic E-state index is 9.99. The Morgan fingerprint density at radius 2 is 1.87 bits per heavy atom. The zero-order valence-electron chi connectivity index (χ0n) is 14.7. The Hall–Kier alpha value is -0.860. The maximum Gasteiger partial charge on any atom is 0.0809 e. The molecule has 23 heavy (non-hydrogen) atoms. The van der Waals surface area contributed by atoms with Crippen molar-refractivity contribution in [3.05, 3.63) is 35.5 Å². The Morgan fingerprint density at radius 1 is 1.17 bits per heavy atom. The summed E-state index contributed by atoms with van der Waals surface area (Å²) >= 11 is 0. The van der Waals surface area contributed by atoms with Crippen molar-refractivity contribution >= 4 is 0 Å². The van der Waals surface area contributed by atoms with Gasteiger partial charge in [-0.15, -0.1) is 0 Å². The van der Waals surface area contributed by atoms with Crippen molar-refractivity contribution in [1.82, 2.24) is 0 Å². The van der Waals surface area contributed by atoms with Gasteiger partial charge in [-0.05, 0) is 67.8 Å². The molecule has 0 aliphatic heterocycles. The standard InChI is InChI=1S/C21H32O2/c1-4-17-9-10-18-16(6-5-11-21(17,18)3)8-7-15-12-19(22)14(2)20(23)13-15/h7-8,17-20,22-23H,2,4-6,9-13H2,1,3H3/t17?,18?,19-,20-,21-/m1/s1. The quantitative estimate of drug-likeness (QED) is 0.734. The van der Waals surface area contributed by atoms with Gasteiger partial charge in [0.1, 0.15) is 0 Å². The largest absolute Gasteiger partial charge is 0.388 e. The third-order valence-electron chi connectivity index (χ3n) is 6.95. The molecule has 0 aromatic rings. The van der Waals surface area contributed by atoms with Gasteiger partial charge in [0.25, 0.3) is 0 Å². The number of hydrogen-bond donors (Lipinski definition) is 2. The summed E-state index contributed by atoms with van der Waals surface area (Å²) in [6.45, 7) is 8.64. The molecule has 0 saturated heterocycles. The number of aliphatic hydroxyl groups is 2. The first-order valence-electron chi connectivity index (χ1n) is 9.39. The Bertz CT molecular complexity index is 514. The molecule has 3 saturated carbocycles. The highest BCUT2D eigenvalue weighted by Crippen LogP contribution is 2.58. The lowest BCUT2D eigenvalue weighted by atomic mass is 9.63. The molecule has 2 nitrogen and oxygen atoms in total. The van der Waals surface area contributed by atoms with Crippen molar-refractivity contribution in [2.45, 2.75) is 77.4 Å². The van der Waals surface area contributed by atoms with Crippen LogP contribution in [0.3, 0.4) is 0 Å². The second kappa shape index (κ2) is 6.57. The predicted octanol–water partition coefficient (Wildman–Crippen LogP) is 4.54. The molecule has 5 atom stereocenters. The number of fused-ring (bicyclic) bond motifs is 1. The number of hydrogen-bond acceptors (Lipinski definition) is 2. The van der Waals surface area contributed by atoms with Crippen molar-refractivity contribution in [3.63, 3.8) is 0 Å². The van der Waals surface area contributed by atoms with Gasteiger partial charge < -0.3 is 10.2 Å². The fourth-order valence-electron chi connectivity index (χ4n) is 5.44. The molecular weight excluding hydrogens is 284 g/mol. The van der Waals surface area contributed by atoms with Gasteiger partial charge in [-0.1, -0.05) is 50.1 Å². The number of rotatable bonds is 2. The summed E-state index contributed by atoms with van der Waals surface area (Å²) in [6, 6.07) is 0. The van der Waals surface area contributed by atoms with E-state index in [2.05, 4.69) is 32.6 Å². The summed E-state index contributed by atoms with van der Waals surface area (Å²) < 4.78 is 0. The second-order valence-corrected chi connectivity index (χ2v) is 8.18. The third kappa shape index (κ3) is 3.08. The van der Waals surface area contributed by atoms with E-state index in [4.69, 9.17) is 0 Å². The van der Waals surface area contributed by atoms with Gasteiger partial charge in [0.2, 0.25) is 0 Å². The highest BCUT2D eigenvalue weighted by molar-refractivity contribution is 5.29. The van der Waals surface area contributed by atoms with Crippen LogP contribution in [0.1, 0.15) is 65.2 Å². The third-order valence-corrected chi connectivity index (χ3v) is 6.95. The minimum absolute atomic E-state index is 0.497. The summed E-state index contributed by atoms with van der Waals surface area (Å²) in [7, 11) is 0. The zero-order chi connectivity index (χ0) is 16.6. The molecule has 3 fully saturated rings. The van der Waals surface area contributed by atoms with Gasteiger partial charge in [0, 0.05) is 0 Å². The second-order valence-electron chi connectivity index (χ2n) is 8.18. The van der Waals surface area contributed by atoms with Crippen LogP contribution < -0.4 is 0 Å². The minimum atomic E-state index is -0.587. The highest BCUT2D eigenvalue weighted by atomic mass is 16.3. The first kappa shape index (κ1) is 17.0. The van der Waals surface area contributed by atoms with Crippen LogP contribution in [0.5, 0.6) is 0 Å². The summed E-state index contributed by atoms with van der Waals surface area (Å²) in [5.41, 5.74) is 3.83. The van der Waals surface area contributed by atoms with Gasteiger partial charge in [-0.3, -0.25) is 0 Å². The van der Waals surface area contributed by atoms with Gasteiger partial charge in [-0.2, -0.15) is 0 Å². The Morgan fingerprint density at radius 3 is 2.52 bits per heavy atom. The van der Waals surface area contributed by atoms with E-state index in [1.807, 2.05) is 0 Å². The molecule has 2 unspecified atom stereocenters. The first-order valence-corrected chi connectivity index (χ1v) is 9.39. The molecule has 0 amide bonds. The molecule has 2 heteroatoms. The van der Waals surface area contributed by atoms with Crippen LogP contribution in [-0.2, 0) is 0 Å². The van der Waals surface area contributed by atoms with Crippen LogP contribution in [0.2, 0.25) is 0 Å². The van der Waals surface area contributed by atoms with Crippen LogP contribution in [0.15, 0.2) is 35.5 Å². The van der Waals surface area contributed by atoms with Crippen LogP contribution in [-0.4, -0.2) is 22.4 Å². The molecule has 2 N–H and O–H groups in total. The SMILES string of the molecule is C=C1[C@H](O)CC(=CC=C2CCC[C@]3(C)C(CC)CCC23)C[C@H]1O. The Labute approximate surface area is 141 Å². The van der Waals surface area contributed by atoms with Crippen molar-refractivity contribution in [2.75, 3.05) is 0 Å². The summed E-state index contributed by atoms with van der Waals surface area (Å²) in [6.07, 6.45) is 12.5. The van der Waals surface area contributed by atoms with Crippen LogP contribution in [0, 0.1) is 17.3 Å². The van der Waals surface area contributed by atoms with Gasteiger partial charge in [0.05, 0.1) is 12.2 Å². The molecule has 0 aromatic heterocycles. The fraction of sp³-hybridized carbons (Fsp3) is 0.714. The first-order chi connectivity index (χ1) is 11.0. The van der Waals surface area contributed by atoms with Crippen molar-refractivity contribution in [2.24, 2.45) is 17.3 Å². The number of allylic oxidation sites excluding steroid dienone is 3. The van der Waals surface area contributed by atoms with E-state index < -0.39 is 12.2 Å². The molecular formula is C21H32O2. The van der Waals surface area contributed by atoms with Crippen molar-refractivity contribution in [3.8, 4) is 0 Å². The van der Waals surface area contributed by atoms with Crippen LogP contribution >= 0.6 is 0 Å². The van der Waals surface area contributed by atoms with Crippen LogP contribution in [0.25, 0.3) is 0 Å². The average molecular weight is 316 g/mol. The summed E-state index contributed by atoms with van der Waals surface area (Å²) in [5.74, 6) is 1.62. The van der Waals surface area contributed by atoms with Gasteiger partial charge >= 0.3 is 0 Å². The number of aliphatic hydroxyl groups excluding tert-OH is 2. The van der Waals surface area contributed by atoms with E-state index in [0.29, 0.717) is 23.8 Å². The van der Waals surface area contributed by atoms with Gasteiger partial charge in [0.15, 0.2) is 0 Å². The smallest absolute Gasteiger partial charge is 0.0809 e. The molecule has 0 heterocycles.